The molecule has 1 aliphatic rings. The highest BCUT2D eigenvalue weighted by molar-refractivity contribution is 5.74. The van der Waals surface area contributed by atoms with Crippen LogP contribution in [0.2, 0.25) is 0 Å². The van der Waals surface area contributed by atoms with E-state index in [9.17, 15) is 4.79 Å². The van der Waals surface area contributed by atoms with Gasteiger partial charge < -0.3 is 10.2 Å². The van der Waals surface area contributed by atoms with E-state index in [-0.39, 0.29) is 6.03 Å². The molecule has 0 aromatic carbocycles. The van der Waals surface area contributed by atoms with Crippen molar-refractivity contribution in [1.29, 1.82) is 0 Å². The van der Waals surface area contributed by atoms with Crippen LogP contribution in [0.15, 0.2) is 0 Å². The topological polar surface area (TPSA) is 32.3 Å². The minimum atomic E-state index is 0.0944. The molecular weight excluding hydrogens is 164 g/mol. The number of amides is 2. The monoisotopic (exact) mass is 184 g/mol. The molecule has 0 aromatic heterocycles. The van der Waals surface area contributed by atoms with Crippen molar-refractivity contribution in [2.45, 2.75) is 33.1 Å². The molecule has 3 heteroatoms. The molecule has 0 unspecified atom stereocenters. The Labute approximate surface area is 80.5 Å². The predicted molar refractivity (Wildman–Crippen MR) is 53.7 cm³/mol. The summed E-state index contributed by atoms with van der Waals surface area (Å²) in [5.74, 6) is 0.766. The third kappa shape index (κ3) is 2.90. The average molecular weight is 184 g/mol. The molecule has 0 radical (unpaired) electrons. The van der Waals surface area contributed by atoms with E-state index in [4.69, 9.17) is 0 Å². The van der Waals surface area contributed by atoms with E-state index in [1.165, 1.54) is 19.3 Å². The summed E-state index contributed by atoms with van der Waals surface area (Å²) in [5, 5.41) is 2.84. The number of carbonyl (C=O) groups is 1. The fraction of sp³-hybridized carbons (Fsp3) is 0.900. The highest BCUT2D eigenvalue weighted by Crippen LogP contribution is 2.26. The van der Waals surface area contributed by atoms with Crippen molar-refractivity contribution in [3.8, 4) is 0 Å². The molecule has 0 bridgehead atoms. The quantitative estimate of drug-likeness (QED) is 0.710. The summed E-state index contributed by atoms with van der Waals surface area (Å²) in [6, 6.07) is 0.0944. The SMILES string of the molecule is CCNC(=O)N(CC)CC1CCC1. The molecular formula is C10H20N2O. The van der Waals surface area contributed by atoms with Gasteiger partial charge in [0.25, 0.3) is 0 Å². The average Bonchev–Trinajstić information content (AvgIpc) is 2.03. The summed E-state index contributed by atoms with van der Waals surface area (Å²) in [6.45, 7) is 6.48. The molecule has 0 aromatic rings. The summed E-state index contributed by atoms with van der Waals surface area (Å²) < 4.78 is 0. The highest BCUT2D eigenvalue weighted by atomic mass is 16.2. The van der Waals surface area contributed by atoms with Crippen molar-refractivity contribution in [2.75, 3.05) is 19.6 Å². The fourth-order valence-electron chi connectivity index (χ4n) is 1.61. The number of urea groups is 1. The molecule has 1 saturated carbocycles. The van der Waals surface area contributed by atoms with Crippen LogP contribution in [0.4, 0.5) is 4.79 Å². The second-order valence-electron chi connectivity index (χ2n) is 3.67. The van der Waals surface area contributed by atoms with Crippen molar-refractivity contribution in [1.82, 2.24) is 10.2 Å². The Morgan fingerprint density at radius 3 is 2.54 bits per heavy atom. The van der Waals surface area contributed by atoms with Gasteiger partial charge in [-0.05, 0) is 32.6 Å². The standard InChI is InChI=1S/C10H20N2O/c1-3-11-10(13)12(4-2)8-9-6-5-7-9/h9H,3-8H2,1-2H3,(H,11,13). The largest absolute Gasteiger partial charge is 0.338 e. The van der Waals surface area contributed by atoms with Crippen molar-refractivity contribution in [2.24, 2.45) is 5.92 Å². The molecule has 1 rings (SSSR count). The van der Waals surface area contributed by atoms with E-state index < -0.39 is 0 Å². The number of rotatable bonds is 4. The van der Waals surface area contributed by atoms with Crippen molar-refractivity contribution in [3.63, 3.8) is 0 Å². The molecule has 2 amide bonds. The maximum absolute atomic E-state index is 11.5. The zero-order chi connectivity index (χ0) is 9.68. The Morgan fingerprint density at radius 2 is 2.15 bits per heavy atom. The van der Waals surface area contributed by atoms with Crippen LogP contribution in [0.25, 0.3) is 0 Å². The van der Waals surface area contributed by atoms with Crippen LogP contribution < -0.4 is 5.32 Å². The lowest BCUT2D eigenvalue weighted by Crippen LogP contribution is -2.43. The van der Waals surface area contributed by atoms with E-state index in [1.807, 2.05) is 18.7 Å². The lowest BCUT2D eigenvalue weighted by molar-refractivity contribution is 0.172. The smallest absolute Gasteiger partial charge is 0.317 e. The molecule has 0 atom stereocenters. The van der Waals surface area contributed by atoms with Crippen LogP contribution >= 0.6 is 0 Å². The van der Waals surface area contributed by atoms with E-state index in [0.717, 1.165) is 25.6 Å². The predicted octanol–water partition coefficient (Wildman–Crippen LogP) is 1.84. The molecule has 13 heavy (non-hydrogen) atoms. The minimum absolute atomic E-state index is 0.0944. The lowest BCUT2D eigenvalue weighted by atomic mass is 9.85. The van der Waals surface area contributed by atoms with Gasteiger partial charge in [0.2, 0.25) is 0 Å². The van der Waals surface area contributed by atoms with Gasteiger partial charge in [-0.15, -0.1) is 0 Å². The normalized spacial score (nSPS) is 16.5. The van der Waals surface area contributed by atoms with Crippen LogP contribution in [-0.2, 0) is 0 Å². The number of nitrogens with one attached hydrogen (secondary N) is 1. The third-order valence-corrected chi connectivity index (χ3v) is 2.70. The Bertz CT molecular complexity index is 166. The molecule has 3 nitrogen and oxygen atoms in total. The fourth-order valence-corrected chi connectivity index (χ4v) is 1.61. The molecule has 0 aliphatic heterocycles. The Kier molecular flexibility index (Phi) is 4.06. The van der Waals surface area contributed by atoms with Gasteiger partial charge in [0, 0.05) is 19.6 Å². The molecule has 0 heterocycles. The zero-order valence-electron chi connectivity index (χ0n) is 8.68. The summed E-state index contributed by atoms with van der Waals surface area (Å²) in [4.78, 5) is 13.4. The third-order valence-electron chi connectivity index (χ3n) is 2.70. The van der Waals surface area contributed by atoms with Crippen molar-refractivity contribution < 1.29 is 4.79 Å². The summed E-state index contributed by atoms with van der Waals surface area (Å²) in [7, 11) is 0. The van der Waals surface area contributed by atoms with Gasteiger partial charge >= 0.3 is 6.03 Å². The van der Waals surface area contributed by atoms with E-state index in [2.05, 4.69) is 5.32 Å². The number of hydrogen-bond acceptors (Lipinski definition) is 1. The van der Waals surface area contributed by atoms with Crippen LogP contribution in [0.1, 0.15) is 33.1 Å². The van der Waals surface area contributed by atoms with E-state index in [1.54, 1.807) is 0 Å². The lowest BCUT2D eigenvalue weighted by Gasteiger charge is -2.31. The molecule has 1 fully saturated rings. The number of carbonyl (C=O) groups excluding carboxylic acids is 1. The van der Waals surface area contributed by atoms with E-state index in [0.29, 0.717) is 0 Å². The number of nitrogens with zero attached hydrogens (tertiary/aromatic N) is 1. The van der Waals surface area contributed by atoms with Gasteiger partial charge in [0.1, 0.15) is 0 Å². The minimum Gasteiger partial charge on any atom is -0.338 e. The maximum atomic E-state index is 11.5. The molecule has 1 N–H and O–H groups in total. The number of hydrogen-bond donors (Lipinski definition) is 1. The van der Waals surface area contributed by atoms with Crippen LogP contribution in [0, 0.1) is 5.92 Å². The summed E-state index contributed by atoms with van der Waals surface area (Å²) in [6.07, 6.45) is 3.95. The van der Waals surface area contributed by atoms with Crippen molar-refractivity contribution >= 4 is 6.03 Å². The van der Waals surface area contributed by atoms with E-state index >= 15 is 0 Å². The van der Waals surface area contributed by atoms with Crippen LogP contribution in [0.5, 0.6) is 0 Å². The second kappa shape index (κ2) is 5.10. The molecule has 76 valence electrons. The van der Waals surface area contributed by atoms with Gasteiger partial charge in [-0.25, -0.2) is 4.79 Å². The van der Waals surface area contributed by atoms with Gasteiger partial charge in [0.15, 0.2) is 0 Å². The second-order valence-corrected chi connectivity index (χ2v) is 3.67. The van der Waals surface area contributed by atoms with Gasteiger partial charge in [-0.2, -0.15) is 0 Å². The summed E-state index contributed by atoms with van der Waals surface area (Å²) in [5.41, 5.74) is 0. The molecule has 0 spiro atoms. The maximum Gasteiger partial charge on any atom is 0.317 e. The van der Waals surface area contributed by atoms with Crippen LogP contribution in [-0.4, -0.2) is 30.6 Å². The van der Waals surface area contributed by atoms with Gasteiger partial charge in [0.05, 0.1) is 0 Å². The zero-order valence-corrected chi connectivity index (χ0v) is 8.68. The Balaban J connectivity index is 2.27. The molecule has 0 saturated heterocycles. The first-order valence-corrected chi connectivity index (χ1v) is 5.30. The summed E-state index contributed by atoms with van der Waals surface area (Å²) >= 11 is 0. The Hall–Kier alpha value is -0.730. The first kappa shape index (κ1) is 10.4. The highest BCUT2D eigenvalue weighted by Gasteiger charge is 2.22. The molecule has 1 aliphatic carbocycles. The van der Waals surface area contributed by atoms with Gasteiger partial charge in [-0.3, -0.25) is 0 Å². The van der Waals surface area contributed by atoms with Crippen molar-refractivity contribution in [3.05, 3.63) is 0 Å². The Morgan fingerprint density at radius 1 is 1.46 bits per heavy atom. The van der Waals surface area contributed by atoms with Crippen LogP contribution in [0.3, 0.4) is 0 Å². The van der Waals surface area contributed by atoms with Gasteiger partial charge in [-0.1, -0.05) is 6.42 Å². The first-order chi connectivity index (χ1) is 6.27. The first-order valence-electron chi connectivity index (χ1n) is 5.30.